The summed E-state index contributed by atoms with van der Waals surface area (Å²) in [6.45, 7) is 4.61. The van der Waals surface area contributed by atoms with Crippen LogP contribution in [0.2, 0.25) is 5.02 Å². The van der Waals surface area contributed by atoms with Crippen molar-refractivity contribution >= 4 is 28.8 Å². The Labute approximate surface area is 133 Å². The standard InChI is InChI=1S/C16H17ClN2OS/c17-14-4-1-3-13(11-14)12-18-6-8-19(9-7-18)16(20)15-5-2-10-21-15/h1-5,10-11H,6-9,12H2/p+1. The van der Waals surface area contributed by atoms with Crippen molar-refractivity contribution < 1.29 is 9.69 Å². The fourth-order valence-electron chi connectivity index (χ4n) is 2.69. The zero-order valence-corrected chi connectivity index (χ0v) is 13.3. The first-order valence-electron chi connectivity index (χ1n) is 7.13. The molecule has 5 heteroatoms. The molecule has 0 spiro atoms. The second kappa shape index (κ2) is 6.60. The number of hydrogen-bond donors (Lipinski definition) is 1. The first-order chi connectivity index (χ1) is 10.2. The molecule has 1 saturated heterocycles. The zero-order valence-electron chi connectivity index (χ0n) is 11.7. The molecule has 0 bridgehead atoms. The molecule has 2 heterocycles. The molecule has 1 aromatic heterocycles. The summed E-state index contributed by atoms with van der Waals surface area (Å²) in [5, 5.41) is 2.74. The quantitative estimate of drug-likeness (QED) is 0.918. The van der Waals surface area contributed by atoms with E-state index in [2.05, 4.69) is 6.07 Å². The van der Waals surface area contributed by atoms with Gasteiger partial charge >= 0.3 is 0 Å². The van der Waals surface area contributed by atoms with E-state index in [0.717, 1.165) is 42.6 Å². The fraction of sp³-hybridized carbons (Fsp3) is 0.312. The van der Waals surface area contributed by atoms with E-state index in [-0.39, 0.29) is 5.91 Å². The second-order valence-corrected chi connectivity index (χ2v) is 6.71. The Hall–Kier alpha value is -1.36. The number of carbonyl (C=O) groups is 1. The molecule has 1 amide bonds. The Morgan fingerprint density at radius 3 is 2.71 bits per heavy atom. The summed E-state index contributed by atoms with van der Waals surface area (Å²) in [5.74, 6) is 0.173. The summed E-state index contributed by atoms with van der Waals surface area (Å²) in [4.78, 5) is 16.6. The van der Waals surface area contributed by atoms with Crippen molar-refractivity contribution in [3.05, 3.63) is 57.2 Å². The van der Waals surface area contributed by atoms with Crippen LogP contribution in [0, 0.1) is 0 Å². The molecule has 1 fully saturated rings. The molecular formula is C16H18ClN2OS+. The van der Waals surface area contributed by atoms with Gasteiger partial charge in [0.25, 0.3) is 5.91 Å². The van der Waals surface area contributed by atoms with E-state index in [1.807, 2.05) is 40.6 Å². The molecule has 0 atom stereocenters. The van der Waals surface area contributed by atoms with Crippen molar-refractivity contribution in [3.8, 4) is 0 Å². The van der Waals surface area contributed by atoms with Crippen molar-refractivity contribution in [2.24, 2.45) is 0 Å². The summed E-state index contributed by atoms with van der Waals surface area (Å²) in [6.07, 6.45) is 0. The van der Waals surface area contributed by atoms with Crippen molar-refractivity contribution in [1.82, 2.24) is 4.90 Å². The van der Waals surface area contributed by atoms with Gasteiger partial charge in [-0.05, 0) is 23.6 Å². The van der Waals surface area contributed by atoms with E-state index >= 15 is 0 Å². The van der Waals surface area contributed by atoms with E-state index < -0.39 is 0 Å². The van der Waals surface area contributed by atoms with Crippen LogP contribution in [0.5, 0.6) is 0 Å². The highest BCUT2D eigenvalue weighted by Crippen LogP contribution is 2.12. The van der Waals surface area contributed by atoms with Crippen LogP contribution in [0.25, 0.3) is 0 Å². The van der Waals surface area contributed by atoms with E-state index in [1.165, 1.54) is 21.8 Å². The van der Waals surface area contributed by atoms with Gasteiger partial charge < -0.3 is 9.80 Å². The maximum atomic E-state index is 12.3. The Morgan fingerprint density at radius 2 is 2.05 bits per heavy atom. The van der Waals surface area contributed by atoms with Gasteiger partial charge in [-0.2, -0.15) is 0 Å². The summed E-state index contributed by atoms with van der Waals surface area (Å²) in [5.41, 5.74) is 1.26. The van der Waals surface area contributed by atoms with Crippen LogP contribution in [-0.2, 0) is 6.54 Å². The van der Waals surface area contributed by atoms with E-state index in [1.54, 1.807) is 0 Å². The van der Waals surface area contributed by atoms with Gasteiger partial charge in [-0.15, -0.1) is 11.3 Å². The number of rotatable bonds is 3. The molecule has 0 aliphatic carbocycles. The van der Waals surface area contributed by atoms with E-state index in [0.29, 0.717) is 0 Å². The lowest BCUT2D eigenvalue weighted by Crippen LogP contribution is -3.13. The lowest BCUT2D eigenvalue weighted by Gasteiger charge is -2.32. The number of piperazine rings is 1. The smallest absolute Gasteiger partial charge is 0.264 e. The average molecular weight is 322 g/mol. The minimum atomic E-state index is 0.173. The molecular weight excluding hydrogens is 304 g/mol. The van der Waals surface area contributed by atoms with Gasteiger partial charge in [0.1, 0.15) is 6.54 Å². The molecule has 21 heavy (non-hydrogen) atoms. The van der Waals surface area contributed by atoms with E-state index in [9.17, 15) is 4.79 Å². The largest absolute Gasteiger partial charge is 0.328 e. The molecule has 1 aliphatic heterocycles. The maximum Gasteiger partial charge on any atom is 0.264 e. The lowest BCUT2D eigenvalue weighted by atomic mass is 10.2. The average Bonchev–Trinajstić information content (AvgIpc) is 3.01. The van der Waals surface area contributed by atoms with Gasteiger partial charge in [-0.25, -0.2) is 0 Å². The molecule has 0 saturated carbocycles. The molecule has 110 valence electrons. The van der Waals surface area contributed by atoms with Gasteiger partial charge in [0, 0.05) is 10.6 Å². The Balaban J connectivity index is 1.54. The number of nitrogens with one attached hydrogen (secondary N) is 1. The predicted octanol–water partition coefficient (Wildman–Crippen LogP) is 1.94. The Morgan fingerprint density at radius 1 is 1.24 bits per heavy atom. The van der Waals surface area contributed by atoms with Crippen molar-refractivity contribution in [2.75, 3.05) is 26.2 Å². The normalized spacial score (nSPS) is 16.1. The predicted molar refractivity (Wildman–Crippen MR) is 86.1 cm³/mol. The van der Waals surface area contributed by atoms with Crippen LogP contribution in [0.1, 0.15) is 15.2 Å². The summed E-state index contributed by atoms with van der Waals surface area (Å²) in [7, 11) is 0. The number of thiophene rings is 1. The number of benzene rings is 1. The minimum absolute atomic E-state index is 0.173. The summed E-state index contributed by atoms with van der Waals surface area (Å²) in [6, 6.07) is 11.9. The van der Waals surface area contributed by atoms with Crippen molar-refractivity contribution in [2.45, 2.75) is 6.54 Å². The molecule has 3 nitrogen and oxygen atoms in total. The molecule has 0 radical (unpaired) electrons. The fourth-order valence-corrected chi connectivity index (χ4v) is 3.60. The summed E-state index contributed by atoms with van der Waals surface area (Å²) < 4.78 is 0. The highest BCUT2D eigenvalue weighted by atomic mass is 35.5. The monoisotopic (exact) mass is 321 g/mol. The highest BCUT2D eigenvalue weighted by molar-refractivity contribution is 7.12. The minimum Gasteiger partial charge on any atom is -0.328 e. The third-order valence-corrected chi connectivity index (χ3v) is 4.93. The third kappa shape index (κ3) is 3.64. The first-order valence-corrected chi connectivity index (χ1v) is 8.39. The van der Waals surface area contributed by atoms with Gasteiger partial charge in [-0.1, -0.05) is 29.8 Å². The molecule has 3 rings (SSSR count). The molecule has 1 aliphatic rings. The van der Waals surface area contributed by atoms with Crippen LogP contribution < -0.4 is 4.90 Å². The van der Waals surface area contributed by atoms with Crippen molar-refractivity contribution in [3.63, 3.8) is 0 Å². The SMILES string of the molecule is O=C(c1cccs1)N1CC[NH+](Cc2cccc(Cl)c2)CC1. The number of amides is 1. The second-order valence-electron chi connectivity index (χ2n) is 5.33. The number of hydrogen-bond acceptors (Lipinski definition) is 2. The summed E-state index contributed by atoms with van der Waals surface area (Å²) >= 11 is 7.54. The third-order valence-electron chi connectivity index (χ3n) is 3.83. The Kier molecular flexibility index (Phi) is 4.58. The number of quaternary nitrogens is 1. The molecule has 1 aromatic carbocycles. The van der Waals surface area contributed by atoms with Crippen LogP contribution in [0.4, 0.5) is 0 Å². The Bertz CT molecular complexity index is 606. The van der Waals surface area contributed by atoms with Crippen LogP contribution in [0.15, 0.2) is 41.8 Å². The van der Waals surface area contributed by atoms with Crippen molar-refractivity contribution in [1.29, 1.82) is 0 Å². The van der Waals surface area contributed by atoms with Gasteiger partial charge in [0.2, 0.25) is 0 Å². The topological polar surface area (TPSA) is 24.8 Å². The van der Waals surface area contributed by atoms with Gasteiger partial charge in [0.05, 0.1) is 31.1 Å². The maximum absolute atomic E-state index is 12.3. The number of carbonyl (C=O) groups excluding carboxylic acids is 1. The van der Waals surface area contributed by atoms with Gasteiger partial charge in [-0.3, -0.25) is 4.79 Å². The van der Waals surface area contributed by atoms with Crippen LogP contribution >= 0.6 is 22.9 Å². The molecule has 1 N–H and O–H groups in total. The zero-order chi connectivity index (χ0) is 14.7. The van der Waals surface area contributed by atoms with E-state index in [4.69, 9.17) is 11.6 Å². The number of halogens is 1. The molecule has 0 unspecified atom stereocenters. The number of nitrogens with zero attached hydrogens (tertiary/aromatic N) is 1. The first kappa shape index (κ1) is 14.6. The highest BCUT2D eigenvalue weighted by Gasteiger charge is 2.24. The van der Waals surface area contributed by atoms with Crippen LogP contribution in [-0.4, -0.2) is 37.0 Å². The lowest BCUT2D eigenvalue weighted by molar-refractivity contribution is -0.917. The van der Waals surface area contributed by atoms with Crippen LogP contribution in [0.3, 0.4) is 0 Å². The molecule has 2 aromatic rings. The van der Waals surface area contributed by atoms with Gasteiger partial charge in [0.15, 0.2) is 0 Å².